The number of hydrogen-bond acceptors (Lipinski definition) is 8. The molecular weight excluding hydrogens is 646 g/mol. The van der Waals surface area contributed by atoms with Gasteiger partial charge in [-0.25, -0.2) is 8.42 Å². The third-order valence-corrected chi connectivity index (χ3v) is 10.3. The number of benzene rings is 3. The number of hydrogen-bond donors (Lipinski definition) is 1. The van der Waals surface area contributed by atoms with E-state index in [1.165, 1.54) is 57.6 Å². The summed E-state index contributed by atoms with van der Waals surface area (Å²) >= 11 is 6.11. The monoisotopic (exact) mass is 687 g/mol. The highest BCUT2D eigenvalue weighted by atomic mass is 35.5. The quantitative estimate of drug-likeness (QED) is 0.238. The molecule has 4 rings (SSSR count). The van der Waals surface area contributed by atoms with Gasteiger partial charge in [0, 0.05) is 29.7 Å². The van der Waals surface area contributed by atoms with Crippen molar-refractivity contribution in [1.82, 2.24) is 10.2 Å². The van der Waals surface area contributed by atoms with Crippen molar-refractivity contribution < 1.29 is 37.0 Å². The Labute approximate surface area is 281 Å². The van der Waals surface area contributed by atoms with E-state index in [9.17, 15) is 18.0 Å². The fourth-order valence-corrected chi connectivity index (χ4v) is 7.11. The summed E-state index contributed by atoms with van der Waals surface area (Å²) in [5.74, 6) is 0.136. The minimum absolute atomic E-state index is 0.0224. The minimum atomic E-state index is -4.45. The number of methoxy groups -OCH3 is 4. The third-order valence-electron chi connectivity index (χ3n) is 8.26. The van der Waals surface area contributed by atoms with Crippen molar-refractivity contribution in [2.75, 3.05) is 39.3 Å². The molecule has 1 N–H and O–H groups in total. The number of sulfonamides is 1. The summed E-state index contributed by atoms with van der Waals surface area (Å²) in [7, 11) is 1.24. The number of rotatable bonds is 14. The molecule has 254 valence electrons. The number of nitrogens with one attached hydrogen (secondary N) is 1. The molecule has 1 aliphatic rings. The van der Waals surface area contributed by atoms with Crippen LogP contribution in [0.4, 0.5) is 5.69 Å². The fraction of sp³-hybridized carbons (Fsp3) is 0.412. The van der Waals surface area contributed by atoms with Crippen LogP contribution >= 0.6 is 11.6 Å². The molecule has 1 saturated carbocycles. The molecule has 3 aromatic rings. The van der Waals surface area contributed by atoms with Crippen LogP contribution in [0.15, 0.2) is 65.6 Å². The zero-order valence-electron chi connectivity index (χ0n) is 27.3. The molecule has 0 bridgehead atoms. The summed E-state index contributed by atoms with van der Waals surface area (Å²) in [5.41, 5.74) is 0.786. The molecule has 0 aromatic heterocycles. The highest BCUT2D eigenvalue weighted by Gasteiger charge is 2.35. The molecule has 3 aromatic carbocycles. The van der Waals surface area contributed by atoms with E-state index in [2.05, 4.69) is 5.32 Å². The van der Waals surface area contributed by atoms with E-state index in [4.69, 9.17) is 30.5 Å². The van der Waals surface area contributed by atoms with Crippen LogP contribution in [0.25, 0.3) is 0 Å². The first kappa shape index (κ1) is 35.7. The highest BCUT2D eigenvalue weighted by Crippen LogP contribution is 2.38. The number of carbonyl (C=O) groups is 2. The zero-order chi connectivity index (χ0) is 34.1. The normalized spacial score (nSPS) is 14.1. The van der Waals surface area contributed by atoms with E-state index in [-0.39, 0.29) is 40.6 Å². The smallest absolute Gasteiger partial charge is 0.265 e. The van der Waals surface area contributed by atoms with Crippen molar-refractivity contribution in [2.45, 2.75) is 62.6 Å². The Morgan fingerprint density at radius 2 is 1.49 bits per heavy atom. The number of ether oxygens (including phenoxy) is 4. The first-order valence-electron chi connectivity index (χ1n) is 15.3. The Kier molecular flexibility index (Phi) is 12.2. The highest BCUT2D eigenvalue weighted by molar-refractivity contribution is 7.92. The summed E-state index contributed by atoms with van der Waals surface area (Å²) in [5, 5.41) is 3.62. The molecule has 1 fully saturated rings. The van der Waals surface area contributed by atoms with E-state index in [0.717, 1.165) is 36.4 Å². The van der Waals surface area contributed by atoms with Gasteiger partial charge in [-0.1, -0.05) is 43.0 Å². The molecule has 0 aliphatic heterocycles. The van der Waals surface area contributed by atoms with Crippen LogP contribution in [0.2, 0.25) is 5.02 Å². The van der Waals surface area contributed by atoms with Crippen molar-refractivity contribution >= 4 is 39.1 Å². The molecule has 11 nitrogen and oxygen atoms in total. The average molecular weight is 688 g/mol. The van der Waals surface area contributed by atoms with E-state index in [0.29, 0.717) is 22.1 Å². The van der Waals surface area contributed by atoms with Crippen LogP contribution in [0.3, 0.4) is 0 Å². The van der Waals surface area contributed by atoms with Gasteiger partial charge in [-0.15, -0.1) is 0 Å². The second kappa shape index (κ2) is 16.1. The van der Waals surface area contributed by atoms with Gasteiger partial charge in [-0.05, 0) is 61.7 Å². The van der Waals surface area contributed by atoms with E-state index < -0.39 is 28.5 Å². The lowest BCUT2D eigenvalue weighted by atomic mass is 9.95. The number of amides is 2. The van der Waals surface area contributed by atoms with Crippen molar-refractivity contribution in [3.63, 3.8) is 0 Å². The topological polar surface area (TPSA) is 124 Å². The van der Waals surface area contributed by atoms with Crippen molar-refractivity contribution in [3.8, 4) is 23.0 Å². The summed E-state index contributed by atoms with van der Waals surface area (Å²) in [6, 6.07) is 14.8. The number of nitrogens with zero attached hydrogens (tertiary/aromatic N) is 2. The lowest BCUT2D eigenvalue weighted by molar-refractivity contribution is -0.139. The van der Waals surface area contributed by atoms with Crippen LogP contribution < -0.4 is 28.6 Å². The zero-order valence-corrected chi connectivity index (χ0v) is 28.9. The molecule has 47 heavy (non-hydrogen) atoms. The standard InChI is InChI=1S/C34H42ClN3O8S/c1-23(34(40)36-26-9-7-6-8-10-26)37(21-24-11-13-25(35)14-12-24)33(39)22-38(29-19-27(43-2)15-17-30(29)44-3)47(41,42)28-16-18-31(45-4)32(20-28)46-5/h11-20,23,26H,6-10,21-22H2,1-5H3,(H,36,40)/t23-/m1/s1. The minimum Gasteiger partial charge on any atom is -0.497 e. The molecule has 0 radical (unpaired) electrons. The van der Waals surface area contributed by atoms with Crippen molar-refractivity contribution in [3.05, 3.63) is 71.2 Å². The Balaban J connectivity index is 1.78. The van der Waals surface area contributed by atoms with Gasteiger partial charge in [-0.2, -0.15) is 0 Å². The molecule has 0 heterocycles. The van der Waals surface area contributed by atoms with Gasteiger partial charge in [0.2, 0.25) is 11.8 Å². The predicted octanol–water partition coefficient (Wildman–Crippen LogP) is 5.44. The van der Waals surface area contributed by atoms with E-state index >= 15 is 0 Å². The Morgan fingerprint density at radius 3 is 2.11 bits per heavy atom. The largest absolute Gasteiger partial charge is 0.497 e. The van der Waals surface area contributed by atoms with Gasteiger partial charge < -0.3 is 29.2 Å². The fourth-order valence-electron chi connectivity index (χ4n) is 5.55. The number of halogens is 1. The molecule has 0 saturated heterocycles. The maximum absolute atomic E-state index is 14.5. The second-order valence-corrected chi connectivity index (χ2v) is 13.5. The van der Waals surface area contributed by atoms with Gasteiger partial charge in [0.1, 0.15) is 24.1 Å². The number of carbonyl (C=O) groups excluding carboxylic acids is 2. The molecule has 1 aliphatic carbocycles. The first-order valence-corrected chi connectivity index (χ1v) is 17.1. The van der Waals surface area contributed by atoms with Crippen molar-refractivity contribution in [2.24, 2.45) is 0 Å². The summed E-state index contributed by atoms with van der Waals surface area (Å²) in [6.07, 6.45) is 4.92. The maximum atomic E-state index is 14.5. The Hall–Kier alpha value is -4.16. The summed E-state index contributed by atoms with van der Waals surface area (Å²) < 4.78 is 51.5. The summed E-state index contributed by atoms with van der Waals surface area (Å²) in [4.78, 5) is 29.2. The van der Waals surface area contributed by atoms with Crippen LogP contribution in [-0.4, -0.2) is 72.2 Å². The predicted molar refractivity (Wildman–Crippen MR) is 180 cm³/mol. The molecule has 2 amide bonds. The van der Waals surface area contributed by atoms with Gasteiger partial charge in [0.15, 0.2) is 11.5 Å². The van der Waals surface area contributed by atoms with Crippen LogP contribution in [0.5, 0.6) is 23.0 Å². The molecular formula is C34H42ClN3O8S. The Morgan fingerprint density at radius 1 is 0.851 bits per heavy atom. The Bertz CT molecular complexity index is 1650. The van der Waals surface area contributed by atoms with Gasteiger partial charge in [-0.3, -0.25) is 13.9 Å². The molecule has 0 unspecified atom stereocenters. The van der Waals surface area contributed by atoms with Gasteiger partial charge in [0.25, 0.3) is 10.0 Å². The second-order valence-electron chi connectivity index (χ2n) is 11.2. The lowest BCUT2D eigenvalue weighted by Gasteiger charge is -2.33. The van der Waals surface area contributed by atoms with Gasteiger partial charge in [0.05, 0.1) is 39.0 Å². The maximum Gasteiger partial charge on any atom is 0.265 e. The van der Waals surface area contributed by atoms with Gasteiger partial charge >= 0.3 is 0 Å². The third kappa shape index (κ3) is 8.61. The van der Waals surface area contributed by atoms with Crippen LogP contribution in [0, 0.1) is 0 Å². The number of anilines is 1. The van der Waals surface area contributed by atoms with E-state index in [1.54, 1.807) is 43.3 Å². The SMILES string of the molecule is COc1ccc(OC)c(N(CC(=O)N(Cc2ccc(Cl)cc2)[C@H](C)C(=O)NC2CCCCC2)S(=O)(=O)c2ccc(OC)c(OC)c2)c1. The molecule has 1 atom stereocenters. The molecule has 13 heteroatoms. The van der Waals surface area contributed by atoms with Crippen molar-refractivity contribution in [1.29, 1.82) is 0 Å². The van der Waals surface area contributed by atoms with Crippen LogP contribution in [0.1, 0.15) is 44.6 Å². The summed E-state index contributed by atoms with van der Waals surface area (Å²) in [6.45, 7) is 1.02. The lowest BCUT2D eigenvalue weighted by Crippen LogP contribution is -2.53. The van der Waals surface area contributed by atoms with Crippen LogP contribution in [-0.2, 0) is 26.2 Å². The first-order chi connectivity index (χ1) is 22.5. The average Bonchev–Trinajstić information content (AvgIpc) is 3.09. The molecule has 0 spiro atoms. The van der Waals surface area contributed by atoms with E-state index in [1.807, 2.05) is 0 Å².